The molecule has 20 heavy (non-hydrogen) atoms. The molecule has 0 saturated heterocycles. The largest absolute Gasteiger partial charge is 0.507 e. The molecule has 0 spiro atoms. The maximum atomic E-state index is 10.1. The van der Waals surface area contributed by atoms with Crippen LogP contribution in [0.15, 0.2) is 48.5 Å². The summed E-state index contributed by atoms with van der Waals surface area (Å²) in [6, 6.07) is 14.3. The van der Waals surface area contributed by atoms with Crippen molar-refractivity contribution in [2.75, 3.05) is 5.73 Å². The van der Waals surface area contributed by atoms with Crippen LogP contribution in [-0.2, 0) is 17.1 Å². The van der Waals surface area contributed by atoms with Gasteiger partial charge in [-0.25, -0.2) is 4.98 Å². The first-order valence-electron chi connectivity index (χ1n) is 5.55. The fourth-order valence-corrected chi connectivity index (χ4v) is 2.21. The number of hydrogen-bond donors (Lipinski definition) is 2. The van der Waals surface area contributed by atoms with Crippen molar-refractivity contribution in [3.63, 3.8) is 0 Å². The normalized spacial score (nSPS) is 9.20. The second kappa shape index (κ2) is 7.65. The van der Waals surface area contributed by atoms with Crippen molar-refractivity contribution in [3.05, 3.63) is 54.1 Å². The number of para-hydroxylation sites is 2. The molecule has 0 aliphatic rings. The first-order chi connectivity index (χ1) is 9.20. The summed E-state index contributed by atoms with van der Waals surface area (Å²) >= 11 is 1.52. The molecule has 0 aliphatic carbocycles. The molecule has 1 aromatic heterocycles. The van der Waals surface area contributed by atoms with Crippen LogP contribution in [0, 0.1) is 0 Å². The molecule has 3 rings (SSSR count). The molecular formula is C14H12FeN2O2S. The predicted octanol–water partition coefficient (Wildman–Crippen LogP) is 3.08. The Labute approximate surface area is 130 Å². The van der Waals surface area contributed by atoms with Crippen molar-refractivity contribution in [2.24, 2.45) is 0 Å². The van der Waals surface area contributed by atoms with Crippen LogP contribution in [0.2, 0.25) is 0 Å². The average molecular weight is 328 g/mol. The summed E-state index contributed by atoms with van der Waals surface area (Å²) in [6.07, 6.45) is 0.620. The Bertz CT molecular complexity index is 667. The van der Waals surface area contributed by atoms with Crippen LogP contribution >= 0.6 is 11.3 Å². The van der Waals surface area contributed by atoms with Gasteiger partial charge in [0.2, 0.25) is 0 Å². The summed E-state index contributed by atoms with van der Waals surface area (Å²) in [6.45, 7) is 0. The molecule has 104 valence electrons. The Morgan fingerprint density at radius 2 is 1.75 bits per heavy atom. The topological polar surface area (TPSA) is 76.2 Å². The number of phenolic OH excluding ortho intramolecular Hbond substituents is 1. The first kappa shape index (κ1) is 16.2. The summed E-state index contributed by atoms with van der Waals surface area (Å²) in [5.41, 5.74) is 6.82. The van der Waals surface area contributed by atoms with Gasteiger partial charge < -0.3 is 10.8 Å². The van der Waals surface area contributed by atoms with E-state index >= 15 is 0 Å². The average Bonchev–Trinajstić information content (AvgIpc) is 2.80. The van der Waals surface area contributed by atoms with E-state index in [1.54, 1.807) is 18.2 Å². The molecule has 3 N–H and O–H groups in total. The van der Waals surface area contributed by atoms with Crippen molar-refractivity contribution in [1.82, 2.24) is 4.98 Å². The Balaban J connectivity index is 0.000000192. The molecular weight excluding hydrogens is 316 g/mol. The van der Waals surface area contributed by atoms with E-state index in [0.717, 1.165) is 10.2 Å². The summed E-state index contributed by atoms with van der Waals surface area (Å²) in [4.78, 5) is 14.2. The number of aromatic nitrogens is 1. The van der Waals surface area contributed by atoms with Gasteiger partial charge in [-0.3, -0.25) is 4.79 Å². The Hall–Kier alpha value is -1.88. The van der Waals surface area contributed by atoms with Crippen LogP contribution in [0.25, 0.3) is 10.2 Å². The summed E-state index contributed by atoms with van der Waals surface area (Å²) in [5.74, 6) is 0.0347. The van der Waals surface area contributed by atoms with E-state index < -0.39 is 0 Å². The number of aromatic hydroxyl groups is 1. The molecule has 0 aliphatic heterocycles. The van der Waals surface area contributed by atoms with Crippen LogP contribution in [0.4, 0.5) is 5.13 Å². The van der Waals surface area contributed by atoms with Gasteiger partial charge >= 0.3 is 0 Å². The SMILES string of the molecule is Nc1nc2ccccc2s1.O=Cc1ccccc1O.[Fe]. The molecule has 0 fully saturated rings. The minimum Gasteiger partial charge on any atom is -0.507 e. The molecule has 0 amide bonds. The maximum absolute atomic E-state index is 10.1. The van der Waals surface area contributed by atoms with Gasteiger partial charge in [-0.15, -0.1) is 0 Å². The quantitative estimate of drug-likeness (QED) is 0.532. The van der Waals surface area contributed by atoms with Crippen LogP contribution in [-0.4, -0.2) is 16.4 Å². The molecule has 3 aromatic rings. The number of fused-ring (bicyclic) bond motifs is 1. The zero-order chi connectivity index (χ0) is 13.7. The molecule has 0 atom stereocenters. The number of rotatable bonds is 1. The molecule has 0 radical (unpaired) electrons. The van der Waals surface area contributed by atoms with Crippen LogP contribution in [0.5, 0.6) is 5.75 Å². The van der Waals surface area contributed by atoms with Gasteiger partial charge in [0.25, 0.3) is 0 Å². The third-order valence-electron chi connectivity index (χ3n) is 2.37. The van der Waals surface area contributed by atoms with Crippen molar-refractivity contribution in [2.45, 2.75) is 0 Å². The van der Waals surface area contributed by atoms with E-state index in [0.29, 0.717) is 17.0 Å². The van der Waals surface area contributed by atoms with Crippen molar-refractivity contribution >= 4 is 33.0 Å². The van der Waals surface area contributed by atoms with E-state index in [1.807, 2.05) is 24.3 Å². The summed E-state index contributed by atoms with van der Waals surface area (Å²) < 4.78 is 1.15. The third kappa shape index (κ3) is 4.06. The number of thiazole rings is 1. The number of aldehydes is 1. The van der Waals surface area contributed by atoms with Crippen molar-refractivity contribution < 1.29 is 27.0 Å². The van der Waals surface area contributed by atoms with E-state index in [2.05, 4.69) is 4.98 Å². The second-order valence-corrected chi connectivity index (χ2v) is 4.76. The number of phenols is 1. The summed E-state index contributed by atoms with van der Waals surface area (Å²) in [7, 11) is 0. The number of anilines is 1. The van der Waals surface area contributed by atoms with E-state index in [9.17, 15) is 4.79 Å². The molecule has 2 aromatic carbocycles. The maximum Gasteiger partial charge on any atom is 0.181 e. The zero-order valence-corrected chi connectivity index (χ0v) is 12.3. The molecule has 0 bridgehead atoms. The minimum atomic E-state index is 0. The standard InChI is InChI=1S/C7H6N2S.C7H6O2.Fe/c8-7-9-5-3-1-2-4-6(5)10-7;8-5-6-3-1-2-4-7(6)9;/h1-4H,(H2,8,9);1-5,9H;. The molecule has 1 heterocycles. The van der Waals surface area contributed by atoms with Gasteiger partial charge in [0.05, 0.1) is 15.8 Å². The minimum absolute atomic E-state index is 0. The number of hydrogen-bond acceptors (Lipinski definition) is 5. The monoisotopic (exact) mass is 328 g/mol. The van der Waals surface area contributed by atoms with Gasteiger partial charge in [-0.05, 0) is 24.3 Å². The van der Waals surface area contributed by atoms with Crippen molar-refractivity contribution in [3.8, 4) is 5.75 Å². The zero-order valence-electron chi connectivity index (χ0n) is 10.3. The van der Waals surface area contributed by atoms with E-state index in [1.165, 1.54) is 17.4 Å². The van der Waals surface area contributed by atoms with Crippen LogP contribution in [0.1, 0.15) is 10.4 Å². The van der Waals surface area contributed by atoms with Gasteiger partial charge in [0.15, 0.2) is 11.4 Å². The molecule has 0 saturated carbocycles. The number of nitrogens with two attached hydrogens (primary N) is 1. The van der Waals surface area contributed by atoms with E-state index in [4.69, 9.17) is 10.8 Å². The Morgan fingerprint density at radius 1 is 1.10 bits per heavy atom. The smallest absolute Gasteiger partial charge is 0.181 e. The Kier molecular flexibility index (Phi) is 6.18. The van der Waals surface area contributed by atoms with Crippen LogP contribution in [0.3, 0.4) is 0 Å². The number of nitrogen functional groups attached to an aromatic ring is 1. The number of carbonyl (C=O) groups excluding carboxylic acids is 1. The van der Waals surface area contributed by atoms with E-state index in [-0.39, 0.29) is 22.8 Å². The fraction of sp³-hybridized carbons (Fsp3) is 0. The number of benzene rings is 2. The second-order valence-electron chi connectivity index (χ2n) is 3.70. The van der Waals surface area contributed by atoms with Gasteiger partial charge in [-0.1, -0.05) is 35.6 Å². The van der Waals surface area contributed by atoms with Crippen LogP contribution < -0.4 is 5.73 Å². The van der Waals surface area contributed by atoms with Gasteiger partial charge in [0.1, 0.15) is 5.75 Å². The first-order valence-corrected chi connectivity index (χ1v) is 6.36. The Morgan fingerprint density at radius 3 is 2.35 bits per heavy atom. The third-order valence-corrected chi connectivity index (χ3v) is 3.24. The molecule has 0 unspecified atom stereocenters. The number of nitrogens with zero attached hydrogens (tertiary/aromatic N) is 1. The van der Waals surface area contributed by atoms with Gasteiger partial charge in [0, 0.05) is 17.1 Å². The van der Waals surface area contributed by atoms with Gasteiger partial charge in [-0.2, -0.15) is 0 Å². The predicted molar refractivity (Wildman–Crippen MR) is 77.5 cm³/mol. The fourth-order valence-electron chi connectivity index (χ4n) is 1.48. The summed E-state index contributed by atoms with van der Waals surface area (Å²) in [5, 5.41) is 9.52. The van der Waals surface area contributed by atoms with Crippen molar-refractivity contribution in [1.29, 1.82) is 0 Å². The number of carbonyl (C=O) groups is 1. The molecule has 4 nitrogen and oxygen atoms in total. The molecule has 6 heteroatoms.